The van der Waals surface area contributed by atoms with E-state index < -0.39 is 6.10 Å². The molecule has 2 nitrogen and oxygen atoms in total. The lowest BCUT2D eigenvalue weighted by molar-refractivity contribution is 0.171. The van der Waals surface area contributed by atoms with Crippen LogP contribution in [-0.4, -0.2) is 6.04 Å². The quantitative estimate of drug-likeness (QED) is 0.839. The second-order valence-electron chi connectivity index (χ2n) is 4.74. The van der Waals surface area contributed by atoms with Gasteiger partial charge in [0.15, 0.2) is 0 Å². The van der Waals surface area contributed by atoms with Crippen molar-refractivity contribution in [1.82, 2.24) is 0 Å². The second-order valence-corrected chi connectivity index (χ2v) is 5.58. The summed E-state index contributed by atoms with van der Waals surface area (Å²) in [6.45, 7) is 1.94. The monoisotopic (exact) mass is 327 g/mol. The summed E-state index contributed by atoms with van der Waals surface area (Å²) < 4.78 is 19.3. The van der Waals surface area contributed by atoms with E-state index in [0.717, 1.165) is 0 Å². The first-order chi connectivity index (χ1) is 10.0. The van der Waals surface area contributed by atoms with E-state index in [2.05, 4.69) is 0 Å². The number of hydrogen-bond acceptors (Lipinski definition) is 2. The molecular formula is C16H16Cl2FNO. The van der Waals surface area contributed by atoms with Crippen molar-refractivity contribution in [2.75, 3.05) is 0 Å². The van der Waals surface area contributed by atoms with E-state index >= 15 is 0 Å². The zero-order valence-electron chi connectivity index (χ0n) is 11.5. The van der Waals surface area contributed by atoms with Crippen molar-refractivity contribution in [2.24, 2.45) is 5.73 Å². The fraction of sp³-hybridized carbons (Fsp3) is 0.250. The fourth-order valence-electron chi connectivity index (χ4n) is 2.00. The van der Waals surface area contributed by atoms with Crippen molar-refractivity contribution in [3.8, 4) is 5.75 Å². The second kappa shape index (κ2) is 7.12. The Bertz CT molecular complexity index is 621. The third kappa shape index (κ3) is 4.10. The van der Waals surface area contributed by atoms with Crippen LogP contribution in [0.4, 0.5) is 4.39 Å². The molecule has 0 heterocycles. The van der Waals surface area contributed by atoms with Crippen molar-refractivity contribution in [3.05, 3.63) is 63.9 Å². The Morgan fingerprint density at radius 3 is 2.62 bits per heavy atom. The minimum atomic E-state index is -0.498. The minimum Gasteiger partial charge on any atom is -0.482 e. The average Bonchev–Trinajstić information content (AvgIpc) is 2.47. The molecule has 0 aliphatic rings. The van der Waals surface area contributed by atoms with Crippen LogP contribution in [0, 0.1) is 5.82 Å². The Kier molecular flexibility index (Phi) is 5.45. The third-order valence-corrected chi connectivity index (χ3v) is 3.73. The Morgan fingerprint density at radius 2 is 1.95 bits per heavy atom. The molecule has 2 atom stereocenters. The largest absolute Gasteiger partial charge is 0.482 e. The third-order valence-electron chi connectivity index (χ3n) is 3.18. The summed E-state index contributed by atoms with van der Waals surface area (Å²) in [7, 11) is 0. The van der Waals surface area contributed by atoms with Crippen LogP contribution in [0.3, 0.4) is 0 Å². The topological polar surface area (TPSA) is 35.2 Å². The van der Waals surface area contributed by atoms with Crippen LogP contribution in [0.2, 0.25) is 10.0 Å². The average molecular weight is 328 g/mol. The van der Waals surface area contributed by atoms with Crippen LogP contribution in [0.1, 0.15) is 25.0 Å². The van der Waals surface area contributed by atoms with E-state index in [-0.39, 0.29) is 11.9 Å². The summed E-state index contributed by atoms with van der Waals surface area (Å²) in [5, 5.41) is 0.946. The Balaban J connectivity index is 2.35. The molecule has 21 heavy (non-hydrogen) atoms. The highest BCUT2D eigenvalue weighted by Crippen LogP contribution is 2.33. The molecule has 2 aromatic rings. The van der Waals surface area contributed by atoms with Gasteiger partial charge < -0.3 is 10.5 Å². The van der Waals surface area contributed by atoms with E-state index in [9.17, 15) is 4.39 Å². The normalized spacial score (nSPS) is 13.8. The number of halogens is 3. The van der Waals surface area contributed by atoms with Gasteiger partial charge in [0.25, 0.3) is 0 Å². The Labute approximate surface area is 133 Å². The summed E-state index contributed by atoms with van der Waals surface area (Å²) in [5.74, 6) is 0.101. The van der Waals surface area contributed by atoms with Gasteiger partial charge in [-0.25, -0.2) is 4.39 Å². The van der Waals surface area contributed by atoms with E-state index in [1.54, 1.807) is 30.3 Å². The summed E-state index contributed by atoms with van der Waals surface area (Å²) in [6, 6.07) is 10.9. The highest BCUT2D eigenvalue weighted by molar-refractivity contribution is 6.34. The number of ether oxygens (including phenoxy) is 1. The van der Waals surface area contributed by atoms with Gasteiger partial charge in [-0.3, -0.25) is 0 Å². The number of benzene rings is 2. The van der Waals surface area contributed by atoms with Crippen molar-refractivity contribution < 1.29 is 9.13 Å². The van der Waals surface area contributed by atoms with Crippen LogP contribution >= 0.6 is 23.2 Å². The van der Waals surface area contributed by atoms with E-state index in [0.29, 0.717) is 27.8 Å². The first-order valence-electron chi connectivity index (χ1n) is 6.64. The van der Waals surface area contributed by atoms with Crippen molar-refractivity contribution in [1.29, 1.82) is 0 Å². The molecule has 0 bridgehead atoms. The predicted octanol–water partition coefficient (Wildman–Crippen LogP) is 4.99. The van der Waals surface area contributed by atoms with Gasteiger partial charge in [0.1, 0.15) is 17.7 Å². The van der Waals surface area contributed by atoms with Crippen molar-refractivity contribution in [2.45, 2.75) is 25.5 Å². The SMILES string of the molecule is CCC(N)C(Oc1cc(Cl)ccc1Cl)c1cccc(F)c1. The van der Waals surface area contributed by atoms with Gasteiger partial charge in [-0.05, 0) is 36.2 Å². The molecule has 0 aliphatic heterocycles. The highest BCUT2D eigenvalue weighted by atomic mass is 35.5. The van der Waals surface area contributed by atoms with Gasteiger partial charge in [-0.2, -0.15) is 0 Å². The molecule has 112 valence electrons. The molecular weight excluding hydrogens is 312 g/mol. The van der Waals surface area contributed by atoms with E-state index in [1.165, 1.54) is 12.1 Å². The zero-order valence-corrected chi connectivity index (χ0v) is 13.0. The molecule has 2 aromatic carbocycles. The molecule has 0 saturated heterocycles. The van der Waals surface area contributed by atoms with Gasteiger partial charge in [0, 0.05) is 17.1 Å². The maximum atomic E-state index is 13.4. The summed E-state index contributed by atoms with van der Waals surface area (Å²) in [5.41, 5.74) is 6.78. The Hall–Kier alpha value is -1.29. The maximum absolute atomic E-state index is 13.4. The maximum Gasteiger partial charge on any atom is 0.140 e. The van der Waals surface area contributed by atoms with Crippen molar-refractivity contribution >= 4 is 23.2 Å². The lowest BCUT2D eigenvalue weighted by atomic mass is 10.0. The first kappa shape index (κ1) is 16.1. The zero-order chi connectivity index (χ0) is 15.4. The van der Waals surface area contributed by atoms with Gasteiger partial charge in [0.2, 0.25) is 0 Å². The molecule has 0 fully saturated rings. The lowest BCUT2D eigenvalue weighted by Crippen LogP contribution is -2.31. The highest BCUT2D eigenvalue weighted by Gasteiger charge is 2.22. The molecule has 0 radical (unpaired) electrons. The van der Waals surface area contributed by atoms with Crippen LogP contribution in [0.15, 0.2) is 42.5 Å². The number of hydrogen-bond donors (Lipinski definition) is 1. The first-order valence-corrected chi connectivity index (χ1v) is 7.39. The predicted molar refractivity (Wildman–Crippen MR) is 84.5 cm³/mol. The van der Waals surface area contributed by atoms with Gasteiger partial charge in [0.05, 0.1) is 5.02 Å². The molecule has 2 unspecified atom stereocenters. The van der Waals surface area contributed by atoms with Crippen molar-refractivity contribution in [3.63, 3.8) is 0 Å². The van der Waals surface area contributed by atoms with E-state index in [1.807, 2.05) is 6.92 Å². The molecule has 2 rings (SSSR count). The molecule has 5 heteroatoms. The Morgan fingerprint density at radius 1 is 1.19 bits per heavy atom. The molecule has 0 spiro atoms. The molecule has 0 aromatic heterocycles. The summed E-state index contributed by atoms with van der Waals surface area (Å²) in [4.78, 5) is 0. The summed E-state index contributed by atoms with van der Waals surface area (Å²) in [6.07, 6.45) is 0.181. The number of nitrogens with two attached hydrogens (primary N) is 1. The van der Waals surface area contributed by atoms with Gasteiger partial charge >= 0.3 is 0 Å². The van der Waals surface area contributed by atoms with Crippen LogP contribution < -0.4 is 10.5 Å². The molecule has 2 N–H and O–H groups in total. The smallest absolute Gasteiger partial charge is 0.140 e. The van der Waals surface area contributed by atoms with Crippen LogP contribution in [0.5, 0.6) is 5.75 Å². The van der Waals surface area contributed by atoms with E-state index in [4.69, 9.17) is 33.7 Å². The molecule has 0 aliphatic carbocycles. The number of rotatable bonds is 5. The minimum absolute atomic E-state index is 0.290. The lowest BCUT2D eigenvalue weighted by Gasteiger charge is -2.25. The van der Waals surface area contributed by atoms with Gasteiger partial charge in [-0.15, -0.1) is 0 Å². The standard InChI is InChI=1S/C16H16Cl2FNO/c1-2-14(20)16(10-4-3-5-12(19)8-10)21-15-9-11(17)6-7-13(15)18/h3-9,14,16H,2,20H2,1H3. The molecule has 0 amide bonds. The van der Waals surface area contributed by atoms with Gasteiger partial charge in [-0.1, -0.05) is 42.3 Å². The fourth-order valence-corrected chi connectivity index (χ4v) is 2.33. The molecule has 0 saturated carbocycles. The summed E-state index contributed by atoms with van der Waals surface area (Å²) >= 11 is 12.1. The van der Waals surface area contributed by atoms with Crippen LogP contribution in [-0.2, 0) is 0 Å². The van der Waals surface area contributed by atoms with Crippen LogP contribution in [0.25, 0.3) is 0 Å².